The third-order valence-electron chi connectivity index (χ3n) is 3.04. The van der Waals surface area contributed by atoms with Gasteiger partial charge < -0.3 is 9.80 Å². The molecule has 0 aromatic carbocycles. The minimum absolute atomic E-state index is 0.759. The predicted molar refractivity (Wildman–Crippen MR) is 53.3 cm³/mol. The van der Waals surface area contributed by atoms with Gasteiger partial charge in [0.25, 0.3) is 0 Å². The van der Waals surface area contributed by atoms with Crippen molar-refractivity contribution in [1.29, 1.82) is 0 Å². The van der Waals surface area contributed by atoms with Crippen molar-refractivity contribution in [2.75, 3.05) is 34.2 Å². The molecule has 2 heteroatoms. The van der Waals surface area contributed by atoms with Crippen molar-refractivity contribution >= 4 is 0 Å². The van der Waals surface area contributed by atoms with Crippen LogP contribution in [-0.2, 0) is 0 Å². The molecule has 0 radical (unpaired) electrons. The van der Waals surface area contributed by atoms with Crippen LogP contribution < -0.4 is 0 Å². The largest absolute Gasteiger partial charge is 0.305 e. The SMILES string of the molecule is CC(C)[C@@H]1CN(C)C[C@H]1N(C)C. The summed E-state index contributed by atoms with van der Waals surface area (Å²) in [4.78, 5) is 4.81. The van der Waals surface area contributed by atoms with Gasteiger partial charge >= 0.3 is 0 Å². The summed E-state index contributed by atoms with van der Waals surface area (Å²) in [7, 11) is 6.61. The molecule has 1 fully saturated rings. The van der Waals surface area contributed by atoms with Crippen LogP contribution in [0.3, 0.4) is 0 Å². The van der Waals surface area contributed by atoms with Gasteiger partial charge in [-0.1, -0.05) is 13.8 Å². The standard InChI is InChI=1S/C10H22N2/c1-8(2)9-6-12(5)7-10(9)11(3)4/h8-10H,6-7H2,1-5H3/t9-,10+/m0/s1. The molecular formula is C10H22N2. The van der Waals surface area contributed by atoms with Gasteiger partial charge in [-0.15, -0.1) is 0 Å². The number of hydrogen-bond donors (Lipinski definition) is 0. The molecule has 2 nitrogen and oxygen atoms in total. The second-order valence-electron chi connectivity index (χ2n) is 4.66. The molecule has 0 aromatic heterocycles. The number of likely N-dealkylation sites (N-methyl/N-ethyl adjacent to an activating group) is 2. The maximum absolute atomic E-state index is 2.44. The Balaban J connectivity index is 2.59. The first-order chi connectivity index (χ1) is 5.52. The van der Waals surface area contributed by atoms with Crippen molar-refractivity contribution in [1.82, 2.24) is 9.80 Å². The first-order valence-corrected chi connectivity index (χ1v) is 4.87. The zero-order chi connectivity index (χ0) is 9.30. The Bertz CT molecular complexity index is 127. The summed E-state index contributed by atoms with van der Waals surface area (Å²) >= 11 is 0. The molecule has 0 aromatic rings. The maximum Gasteiger partial charge on any atom is 0.0259 e. The van der Waals surface area contributed by atoms with Gasteiger partial charge in [-0.2, -0.15) is 0 Å². The molecule has 2 atom stereocenters. The summed E-state index contributed by atoms with van der Waals surface area (Å²) in [5, 5.41) is 0. The summed E-state index contributed by atoms with van der Waals surface area (Å²) < 4.78 is 0. The Kier molecular flexibility index (Phi) is 3.13. The Hall–Kier alpha value is -0.0800. The normalized spacial score (nSPS) is 32.2. The van der Waals surface area contributed by atoms with E-state index in [-0.39, 0.29) is 0 Å². The van der Waals surface area contributed by atoms with Gasteiger partial charge in [0, 0.05) is 19.1 Å². The van der Waals surface area contributed by atoms with Crippen LogP contribution in [0.2, 0.25) is 0 Å². The summed E-state index contributed by atoms with van der Waals surface area (Å²) in [6, 6.07) is 0.759. The summed E-state index contributed by atoms with van der Waals surface area (Å²) in [6.45, 7) is 7.16. The van der Waals surface area contributed by atoms with Gasteiger partial charge in [0.1, 0.15) is 0 Å². The summed E-state index contributed by atoms with van der Waals surface area (Å²) in [5.74, 6) is 1.66. The van der Waals surface area contributed by atoms with Crippen LogP contribution in [0, 0.1) is 11.8 Å². The first-order valence-electron chi connectivity index (χ1n) is 4.87. The zero-order valence-corrected chi connectivity index (χ0v) is 9.04. The lowest BCUT2D eigenvalue weighted by molar-refractivity contribution is 0.215. The van der Waals surface area contributed by atoms with E-state index in [0.717, 1.165) is 17.9 Å². The zero-order valence-electron chi connectivity index (χ0n) is 9.04. The molecule has 0 amide bonds. The van der Waals surface area contributed by atoms with Crippen molar-refractivity contribution in [3.8, 4) is 0 Å². The van der Waals surface area contributed by atoms with Crippen LogP contribution in [-0.4, -0.2) is 50.1 Å². The average molecular weight is 170 g/mol. The van der Waals surface area contributed by atoms with Crippen molar-refractivity contribution in [3.63, 3.8) is 0 Å². The lowest BCUT2D eigenvalue weighted by atomic mass is 9.91. The molecule has 1 heterocycles. The van der Waals surface area contributed by atoms with E-state index < -0.39 is 0 Å². The molecule has 1 saturated heterocycles. The summed E-state index contributed by atoms with van der Waals surface area (Å²) in [6.07, 6.45) is 0. The average Bonchev–Trinajstić information content (AvgIpc) is 2.31. The summed E-state index contributed by atoms with van der Waals surface area (Å²) in [5.41, 5.74) is 0. The molecule has 0 N–H and O–H groups in total. The van der Waals surface area contributed by atoms with Crippen LogP contribution >= 0.6 is 0 Å². The Morgan fingerprint density at radius 1 is 1.25 bits per heavy atom. The van der Waals surface area contributed by atoms with Gasteiger partial charge in [0.2, 0.25) is 0 Å². The van der Waals surface area contributed by atoms with Crippen LogP contribution in [0.4, 0.5) is 0 Å². The van der Waals surface area contributed by atoms with Crippen LogP contribution in [0.25, 0.3) is 0 Å². The van der Waals surface area contributed by atoms with Gasteiger partial charge in [-0.3, -0.25) is 0 Å². The van der Waals surface area contributed by atoms with Crippen LogP contribution in [0.5, 0.6) is 0 Å². The predicted octanol–water partition coefficient (Wildman–Crippen LogP) is 1.13. The monoisotopic (exact) mass is 170 g/mol. The smallest absolute Gasteiger partial charge is 0.0259 e. The molecule has 0 unspecified atom stereocenters. The Labute approximate surface area is 76.5 Å². The van der Waals surface area contributed by atoms with E-state index in [9.17, 15) is 0 Å². The molecule has 12 heavy (non-hydrogen) atoms. The van der Waals surface area contributed by atoms with Gasteiger partial charge in [-0.05, 0) is 33.0 Å². The van der Waals surface area contributed by atoms with Crippen molar-refractivity contribution in [2.24, 2.45) is 11.8 Å². The lowest BCUT2D eigenvalue weighted by Gasteiger charge is -2.27. The van der Waals surface area contributed by atoms with Crippen molar-refractivity contribution < 1.29 is 0 Å². The van der Waals surface area contributed by atoms with Gasteiger partial charge in [0.15, 0.2) is 0 Å². The van der Waals surface area contributed by atoms with Crippen LogP contribution in [0.15, 0.2) is 0 Å². The number of hydrogen-bond acceptors (Lipinski definition) is 2. The Morgan fingerprint density at radius 2 is 1.83 bits per heavy atom. The lowest BCUT2D eigenvalue weighted by Crippen LogP contribution is -2.37. The fourth-order valence-corrected chi connectivity index (χ4v) is 2.21. The highest BCUT2D eigenvalue weighted by atomic mass is 15.2. The van der Waals surface area contributed by atoms with E-state index in [1.54, 1.807) is 0 Å². The fraction of sp³-hybridized carbons (Fsp3) is 1.00. The highest BCUT2D eigenvalue weighted by Gasteiger charge is 2.33. The van der Waals surface area contributed by atoms with E-state index >= 15 is 0 Å². The quantitative estimate of drug-likeness (QED) is 0.613. The molecule has 0 saturated carbocycles. The molecule has 1 aliphatic heterocycles. The Morgan fingerprint density at radius 3 is 2.17 bits per heavy atom. The van der Waals surface area contributed by atoms with E-state index in [1.165, 1.54) is 13.1 Å². The second kappa shape index (κ2) is 3.75. The molecule has 0 aliphatic carbocycles. The van der Waals surface area contributed by atoms with E-state index in [4.69, 9.17) is 0 Å². The number of rotatable bonds is 2. The molecular weight excluding hydrogens is 148 g/mol. The first kappa shape index (κ1) is 10.0. The fourth-order valence-electron chi connectivity index (χ4n) is 2.21. The van der Waals surface area contributed by atoms with E-state index in [0.29, 0.717) is 0 Å². The third kappa shape index (κ3) is 1.99. The third-order valence-corrected chi connectivity index (χ3v) is 3.04. The van der Waals surface area contributed by atoms with E-state index in [2.05, 4.69) is 44.8 Å². The molecule has 0 bridgehead atoms. The number of nitrogens with zero attached hydrogens (tertiary/aromatic N) is 2. The highest BCUT2D eigenvalue weighted by Crippen LogP contribution is 2.25. The number of likely N-dealkylation sites (tertiary alicyclic amines) is 1. The molecule has 1 aliphatic rings. The van der Waals surface area contributed by atoms with E-state index in [1.807, 2.05) is 0 Å². The molecule has 1 rings (SSSR count). The van der Waals surface area contributed by atoms with Crippen molar-refractivity contribution in [2.45, 2.75) is 19.9 Å². The van der Waals surface area contributed by atoms with Gasteiger partial charge in [0.05, 0.1) is 0 Å². The minimum atomic E-state index is 0.759. The maximum atomic E-state index is 2.44. The highest BCUT2D eigenvalue weighted by molar-refractivity contribution is 4.88. The second-order valence-corrected chi connectivity index (χ2v) is 4.66. The molecule has 72 valence electrons. The van der Waals surface area contributed by atoms with Crippen molar-refractivity contribution in [3.05, 3.63) is 0 Å². The van der Waals surface area contributed by atoms with Crippen LogP contribution in [0.1, 0.15) is 13.8 Å². The molecule has 0 spiro atoms. The van der Waals surface area contributed by atoms with Gasteiger partial charge in [-0.25, -0.2) is 0 Å². The minimum Gasteiger partial charge on any atom is -0.305 e. The topological polar surface area (TPSA) is 6.48 Å².